The molecule has 2 aliphatic rings. The monoisotopic (exact) mass is 423 g/mol. The van der Waals surface area contributed by atoms with E-state index in [1.165, 1.54) is 29.7 Å². The number of aromatic amines is 1. The van der Waals surface area contributed by atoms with Crippen LogP contribution >= 0.6 is 0 Å². The number of rotatable bonds is 4. The lowest BCUT2D eigenvalue weighted by atomic mass is 9.95. The number of morpholine rings is 1. The molecular formula is C23H31N6O2+. The van der Waals surface area contributed by atoms with Crippen LogP contribution in [0.25, 0.3) is 10.9 Å². The number of aryl methyl sites for hydroxylation is 2. The molecular weight excluding hydrogens is 392 g/mol. The predicted molar refractivity (Wildman–Crippen MR) is 117 cm³/mol. The number of nitrogens with one attached hydrogen (secondary N) is 2. The Hall–Kier alpha value is -2.58. The summed E-state index contributed by atoms with van der Waals surface area (Å²) < 4.78 is 7.63. The van der Waals surface area contributed by atoms with Gasteiger partial charge in [-0.15, -0.1) is 5.10 Å². The van der Waals surface area contributed by atoms with Crippen molar-refractivity contribution >= 4 is 10.9 Å². The summed E-state index contributed by atoms with van der Waals surface area (Å²) in [5.41, 5.74) is 3.86. The molecule has 1 aliphatic heterocycles. The van der Waals surface area contributed by atoms with Gasteiger partial charge in [0.05, 0.1) is 30.3 Å². The predicted octanol–water partition coefficient (Wildman–Crippen LogP) is 1.64. The van der Waals surface area contributed by atoms with Crippen molar-refractivity contribution < 1.29 is 9.64 Å². The fourth-order valence-electron chi connectivity index (χ4n) is 5.36. The molecule has 5 rings (SSSR count). The van der Waals surface area contributed by atoms with Gasteiger partial charge >= 0.3 is 0 Å². The third-order valence-corrected chi connectivity index (χ3v) is 6.87. The Kier molecular flexibility index (Phi) is 5.58. The number of benzene rings is 1. The highest BCUT2D eigenvalue weighted by Gasteiger charge is 2.36. The van der Waals surface area contributed by atoms with E-state index in [0.717, 1.165) is 53.8 Å². The van der Waals surface area contributed by atoms with Crippen LogP contribution in [0.2, 0.25) is 0 Å². The van der Waals surface area contributed by atoms with Crippen LogP contribution in [0.3, 0.4) is 0 Å². The van der Waals surface area contributed by atoms with E-state index in [-0.39, 0.29) is 11.6 Å². The standard InChI is InChI=1S/C23H30N6O2/c1-15-12-16(2)20-17(13-15)14-19(23(30)24-20)21(28-8-10-31-11-9-28)22-25-26-27-29(22)18-6-4-3-5-7-18/h12-14,18,21H,3-11H2,1-2H3,(H,24,30)/p+1/t21-/m0/s1. The van der Waals surface area contributed by atoms with Crippen molar-refractivity contribution in [1.29, 1.82) is 0 Å². The van der Waals surface area contributed by atoms with Gasteiger partial charge in [-0.2, -0.15) is 0 Å². The minimum Gasteiger partial charge on any atom is -0.370 e. The van der Waals surface area contributed by atoms with Gasteiger partial charge in [0.2, 0.25) is 5.82 Å². The van der Waals surface area contributed by atoms with Gasteiger partial charge in [-0.05, 0) is 60.2 Å². The highest BCUT2D eigenvalue weighted by Crippen LogP contribution is 2.30. The lowest BCUT2D eigenvalue weighted by molar-refractivity contribution is -0.933. The molecule has 8 heteroatoms. The number of hydrogen-bond donors (Lipinski definition) is 2. The highest BCUT2D eigenvalue weighted by atomic mass is 16.5. The van der Waals surface area contributed by atoms with Gasteiger partial charge in [0.15, 0.2) is 6.04 Å². The number of hydrogen-bond acceptors (Lipinski definition) is 5. The second kappa shape index (κ2) is 8.51. The number of pyridine rings is 1. The van der Waals surface area contributed by atoms with E-state index in [2.05, 4.69) is 45.6 Å². The van der Waals surface area contributed by atoms with E-state index in [1.807, 2.05) is 11.6 Å². The zero-order valence-corrected chi connectivity index (χ0v) is 18.4. The summed E-state index contributed by atoms with van der Waals surface area (Å²) in [6, 6.07) is 6.39. The molecule has 31 heavy (non-hydrogen) atoms. The second-order valence-electron chi connectivity index (χ2n) is 9.08. The Balaban J connectivity index is 1.65. The number of fused-ring (bicyclic) bond motifs is 1. The average Bonchev–Trinajstić information content (AvgIpc) is 3.26. The first kappa shape index (κ1) is 20.3. The third-order valence-electron chi connectivity index (χ3n) is 6.87. The minimum atomic E-state index is -0.213. The number of nitrogens with zero attached hydrogens (tertiary/aromatic N) is 4. The normalized spacial score (nSPS) is 19.7. The first-order valence-corrected chi connectivity index (χ1v) is 11.5. The summed E-state index contributed by atoms with van der Waals surface area (Å²) in [7, 11) is 0. The van der Waals surface area contributed by atoms with Gasteiger partial charge in [-0.25, -0.2) is 4.68 Å². The molecule has 2 N–H and O–H groups in total. The van der Waals surface area contributed by atoms with Crippen molar-refractivity contribution in [1.82, 2.24) is 25.2 Å². The van der Waals surface area contributed by atoms with Crippen LogP contribution in [0.5, 0.6) is 0 Å². The summed E-state index contributed by atoms with van der Waals surface area (Å²) >= 11 is 0. The number of ether oxygens (including phenoxy) is 1. The Labute approximate surface area is 181 Å². The summed E-state index contributed by atoms with van der Waals surface area (Å²) in [6.07, 6.45) is 5.86. The van der Waals surface area contributed by atoms with Gasteiger partial charge in [0.1, 0.15) is 13.1 Å². The highest BCUT2D eigenvalue weighted by molar-refractivity contribution is 5.83. The molecule has 1 saturated heterocycles. The van der Waals surface area contributed by atoms with E-state index in [1.54, 1.807) is 0 Å². The molecule has 1 atom stereocenters. The molecule has 2 aromatic heterocycles. The SMILES string of the molecule is Cc1cc(C)c2[nH]c(=O)c([C@@H](c3nnnn3C3CCCCC3)[NH+]3CCOCC3)cc2c1. The van der Waals surface area contributed by atoms with Crippen LogP contribution in [0, 0.1) is 13.8 Å². The van der Waals surface area contributed by atoms with Crippen LogP contribution in [-0.4, -0.2) is 51.5 Å². The van der Waals surface area contributed by atoms with Gasteiger partial charge in [-0.3, -0.25) is 4.79 Å². The topological polar surface area (TPSA) is 90.1 Å². The lowest BCUT2D eigenvalue weighted by Gasteiger charge is -2.32. The van der Waals surface area contributed by atoms with Crippen LogP contribution in [0.4, 0.5) is 0 Å². The van der Waals surface area contributed by atoms with Crippen LogP contribution in [-0.2, 0) is 4.74 Å². The summed E-state index contributed by atoms with van der Waals surface area (Å²) in [5, 5.41) is 14.0. The van der Waals surface area contributed by atoms with E-state index >= 15 is 0 Å². The third kappa shape index (κ3) is 3.90. The summed E-state index contributed by atoms with van der Waals surface area (Å²) in [4.78, 5) is 17.8. The maximum atomic E-state index is 13.4. The molecule has 1 aliphatic carbocycles. The fraction of sp³-hybridized carbons (Fsp3) is 0.565. The van der Waals surface area contributed by atoms with E-state index in [9.17, 15) is 4.79 Å². The molecule has 0 amide bonds. The van der Waals surface area contributed by atoms with Crippen LogP contribution in [0.15, 0.2) is 23.0 Å². The van der Waals surface area contributed by atoms with Crippen molar-refractivity contribution in [2.75, 3.05) is 26.3 Å². The number of H-pyrrole nitrogens is 1. The van der Waals surface area contributed by atoms with Gasteiger partial charge in [0, 0.05) is 0 Å². The molecule has 0 radical (unpaired) electrons. The van der Waals surface area contributed by atoms with Crippen LogP contribution in [0.1, 0.15) is 66.7 Å². The molecule has 0 unspecified atom stereocenters. The smallest absolute Gasteiger partial charge is 0.258 e. The average molecular weight is 424 g/mol. The van der Waals surface area contributed by atoms with Crippen molar-refractivity contribution in [3.8, 4) is 0 Å². The molecule has 2 fully saturated rings. The molecule has 164 valence electrons. The Morgan fingerprint density at radius 3 is 2.68 bits per heavy atom. The van der Waals surface area contributed by atoms with Crippen molar-refractivity contribution in [2.45, 2.75) is 58.0 Å². The maximum Gasteiger partial charge on any atom is 0.258 e. The van der Waals surface area contributed by atoms with Crippen LogP contribution < -0.4 is 10.5 Å². The minimum absolute atomic E-state index is 0.0540. The van der Waals surface area contributed by atoms with E-state index in [4.69, 9.17) is 4.74 Å². The quantitative estimate of drug-likeness (QED) is 0.666. The van der Waals surface area contributed by atoms with Gasteiger partial charge in [0.25, 0.3) is 5.56 Å². The molecule has 3 aromatic rings. The lowest BCUT2D eigenvalue weighted by Crippen LogP contribution is -3.14. The Morgan fingerprint density at radius 1 is 1.13 bits per heavy atom. The molecule has 8 nitrogen and oxygen atoms in total. The number of tetrazole rings is 1. The van der Waals surface area contributed by atoms with E-state index < -0.39 is 0 Å². The fourth-order valence-corrected chi connectivity index (χ4v) is 5.36. The van der Waals surface area contributed by atoms with Gasteiger partial charge in [-0.1, -0.05) is 30.9 Å². The largest absolute Gasteiger partial charge is 0.370 e. The Bertz CT molecular complexity index is 1120. The summed E-state index contributed by atoms with van der Waals surface area (Å²) in [6.45, 7) is 7.14. The number of quaternary nitrogens is 1. The van der Waals surface area contributed by atoms with Crippen molar-refractivity contribution in [3.05, 3.63) is 51.1 Å². The molecule has 0 spiro atoms. The molecule has 3 heterocycles. The summed E-state index contributed by atoms with van der Waals surface area (Å²) in [5.74, 6) is 0.804. The number of aromatic nitrogens is 5. The molecule has 1 saturated carbocycles. The van der Waals surface area contributed by atoms with Crippen molar-refractivity contribution in [2.24, 2.45) is 0 Å². The maximum absolute atomic E-state index is 13.4. The molecule has 1 aromatic carbocycles. The van der Waals surface area contributed by atoms with Crippen molar-refractivity contribution in [3.63, 3.8) is 0 Å². The first-order valence-electron chi connectivity index (χ1n) is 11.5. The zero-order chi connectivity index (χ0) is 21.4. The van der Waals surface area contributed by atoms with Gasteiger partial charge < -0.3 is 14.6 Å². The Morgan fingerprint density at radius 2 is 1.90 bits per heavy atom. The zero-order valence-electron chi connectivity index (χ0n) is 18.4. The molecule has 0 bridgehead atoms. The first-order chi connectivity index (χ1) is 15.1. The van der Waals surface area contributed by atoms with E-state index in [0.29, 0.717) is 19.3 Å². The second-order valence-corrected chi connectivity index (χ2v) is 9.08.